The van der Waals surface area contributed by atoms with Crippen LogP contribution >= 0.6 is 0 Å². The Morgan fingerprint density at radius 2 is 1.93 bits per heavy atom. The van der Waals surface area contributed by atoms with Crippen molar-refractivity contribution in [1.29, 1.82) is 0 Å². The van der Waals surface area contributed by atoms with Gasteiger partial charge in [0.15, 0.2) is 0 Å². The lowest BCUT2D eigenvalue weighted by atomic mass is 10.1. The summed E-state index contributed by atoms with van der Waals surface area (Å²) in [5.41, 5.74) is 0.183. The molecule has 0 bridgehead atoms. The van der Waals surface area contributed by atoms with Gasteiger partial charge in [-0.05, 0) is 33.6 Å². The van der Waals surface area contributed by atoms with Gasteiger partial charge in [-0.25, -0.2) is 0 Å². The number of hydrogen-bond acceptors (Lipinski definition) is 3. The van der Waals surface area contributed by atoms with Gasteiger partial charge in [0.2, 0.25) is 0 Å². The smallest absolute Gasteiger partial charge is 0.0813 e. The van der Waals surface area contributed by atoms with Crippen LogP contribution in [0.5, 0.6) is 0 Å². The molecule has 0 aliphatic carbocycles. The summed E-state index contributed by atoms with van der Waals surface area (Å²) in [6.45, 7) is 8.20. The zero-order valence-corrected chi connectivity index (χ0v) is 9.80. The molecule has 1 heterocycles. The van der Waals surface area contributed by atoms with E-state index in [4.69, 9.17) is 9.47 Å². The van der Waals surface area contributed by atoms with Crippen molar-refractivity contribution in [3.63, 3.8) is 0 Å². The molecule has 0 aromatic heterocycles. The van der Waals surface area contributed by atoms with Crippen molar-refractivity contribution in [2.24, 2.45) is 0 Å². The second-order valence-corrected chi connectivity index (χ2v) is 5.04. The van der Waals surface area contributed by atoms with Crippen molar-refractivity contribution in [2.75, 3.05) is 20.3 Å². The van der Waals surface area contributed by atoms with Crippen LogP contribution in [0.15, 0.2) is 0 Å². The van der Waals surface area contributed by atoms with E-state index in [-0.39, 0.29) is 5.54 Å². The van der Waals surface area contributed by atoms with E-state index in [9.17, 15) is 0 Å². The zero-order chi connectivity index (χ0) is 10.6. The molecule has 3 heteroatoms. The predicted molar refractivity (Wildman–Crippen MR) is 57.5 cm³/mol. The first-order valence-electron chi connectivity index (χ1n) is 5.40. The summed E-state index contributed by atoms with van der Waals surface area (Å²) in [6, 6.07) is 0. The Hall–Kier alpha value is -0.120. The van der Waals surface area contributed by atoms with Crippen molar-refractivity contribution in [1.82, 2.24) is 5.32 Å². The van der Waals surface area contributed by atoms with Gasteiger partial charge in [0, 0.05) is 19.2 Å². The Labute approximate surface area is 87.2 Å². The largest absolute Gasteiger partial charge is 0.382 e. The third-order valence-corrected chi connectivity index (χ3v) is 2.41. The normalized spacial score (nSPS) is 28.3. The summed E-state index contributed by atoms with van der Waals surface area (Å²) in [5.74, 6) is 0. The molecule has 2 unspecified atom stereocenters. The van der Waals surface area contributed by atoms with Gasteiger partial charge in [-0.2, -0.15) is 0 Å². The third-order valence-electron chi connectivity index (χ3n) is 2.41. The minimum Gasteiger partial charge on any atom is -0.382 e. The highest BCUT2D eigenvalue weighted by Crippen LogP contribution is 2.19. The van der Waals surface area contributed by atoms with E-state index in [2.05, 4.69) is 26.1 Å². The first kappa shape index (κ1) is 12.0. The molecule has 3 nitrogen and oxygen atoms in total. The van der Waals surface area contributed by atoms with Crippen LogP contribution < -0.4 is 5.32 Å². The summed E-state index contributed by atoms with van der Waals surface area (Å²) >= 11 is 0. The van der Waals surface area contributed by atoms with Crippen LogP contribution in [-0.2, 0) is 9.47 Å². The summed E-state index contributed by atoms with van der Waals surface area (Å²) in [6.07, 6.45) is 2.96. The van der Waals surface area contributed by atoms with E-state index in [1.165, 1.54) is 0 Å². The van der Waals surface area contributed by atoms with Crippen LogP contribution in [-0.4, -0.2) is 38.0 Å². The van der Waals surface area contributed by atoms with Crippen LogP contribution in [0.4, 0.5) is 0 Å². The number of nitrogens with one attached hydrogen (secondary N) is 1. The van der Waals surface area contributed by atoms with Crippen molar-refractivity contribution in [2.45, 2.75) is 51.4 Å². The van der Waals surface area contributed by atoms with Gasteiger partial charge in [-0.1, -0.05) is 0 Å². The van der Waals surface area contributed by atoms with Gasteiger partial charge in [0.1, 0.15) is 0 Å². The molecule has 1 rings (SSSR count). The molecule has 14 heavy (non-hydrogen) atoms. The van der Waals surface area contributed by atoms with E-state index < -0.39 is 0 Å². The molecule has 1 aliphatic rings. The Morgan fingerprint density at radius 1 is 1.29 bits per heavy atom. The van der Waals surface area contributed by atoms with Crippen LogP contribution in [0.25, 0.3) is 0 Å². The van der Waals surface area contributed by atoms with Gasteiger partial charge in [0.25, 0.3) is 0 Å². The summed E-state index contributed by atoms with van der Waals surface area (Å²) in [7, 11) is 1.73. The van der Waals surface area contributed by atoms with E-state index >= 15 is 0 Å². The van der Waals surface area contributed by atoms with Crippen LogP contribution in [0.3, 0.4) is 0 Å². The summed E-state index contributed by atoms with van der Waals surface area (Å²) in [4.78, 5) is 0. The molecule has 84 valence electrons. The predicted octanol–water partition coefficient (Wildman–Crippen LogP) is 1.57. The molecule has 0 saturated carbocycles. The molecule has 0 spiro atoms. The SMILES string of the molecule is COCC1CCC(CNC(C)(C)C)O1. The van der Waals surface area contributed by atoms with Gasteiger partial charge in [-0.15, -0.1) is 0 Å². The lowest BCUT2D eigenvalue weighted by molar-refractivity contribution is -0.00251. The van der Waals surface area contributed by atoms with Gasteiger partial charge >= 0.3 is 0 Å². The molecule has 1 fully saturated rings. The van der Waals surface area contributed by atoms with Crippen molar-refractivity contribution in [3.05, 3.63) is 0 Å². The first-order valence-corrected chi connectivity index (χ1v) is 5.40. The average molecular weight is 201 g/mol. The maximum atomic E-state index is 5.81. The lowest BCUT2D eigenvalue weighted by Gasteiger charge is -2.23. The molecule has 0 amide bonds. The Kier molecular flexibility index (Phi) is 4.35. The summed E-state index contributed by atoms with van der Waals surface area (Å²) < 4.78 is 10.9. The molecule has 1 aliphatic heterocycles. The van der Waals surface area contributed by atoms with Crippen LogP contribution in [0, 0.1) is 0 Å². The molecule has 1 saturated heterocycles. The van der Waals surface area contributed by atoms with Gasteiger partial charge in [-0.3, -0.25) is 0 Å². The van der Waals surface area contributed by atoms with E-state index in [1.807, 2.05) is 0 Å². The Balaban J connectivity index is 2.16. The second kappa shape index (κ2) is 5.10. The zero-order valence-electron chi connectivity index (χ0n) is 9.80. The molecule has 0 radical (unpaired) electrons. The number of hydrogen-bond donors (Lipinski definition) is 1. The van der Waals surface area contributed by atoms with E-state index in [1.54, 1.807) is 7.11 Å². The van der Waals surface area contributed by atoms with E-state index in [0.717, 1.165) is 26.0 Å². The first-order chi connectivity index (χ1) is 6.51. The molecular weight excluding hydrogens is 178 g/mol. The average Bonchev–Trinajstić information content (AvgIpc) is 2.49. The molecule has 0 aromatic carbocycles. The molecule has 0 aromatic rings. The standard InChI is InChI=1S/C11H23NO2/c1-11(2,3)12-7-9-5-6-10(14-9)8-13-4/h9-10,12H,5-8H2,1-4H3. The van der Waals surface area contributed by atoms with Crippen LogP contribution in [0.1, 0.15) is 33.6 Å². The molecule has 1 N–H and O–H groups in total. The fraction of sp³-hybridized carbons (Fsp3) is 1.00. The maximum absolute atomic E-state index is 5.81. The molecule has 2 atom stereocenters. The monoisotopic (exact) mass is 201 g/mol. The second-order valence-electron chi connectivity index (χ2n) is 5.04. The maximum Gasteiger partial charge on any atom is 0.0813 e. The highest BCUT2D eigenvalue weighted by atomic mass is 16.5. The van der Waals surface area contributed by atoms with Gasteiger partial charge in [0.05, 0.1) is 18.8 Å². The lowest BCUT2D eigenvalue weighted by Crippen LogP contribution is -2.41. The third kappa shape index (κ3) is 4.40. The number of rotatable bonds is 4. The Bertz CT molecular complexity index is 165. The molecular formula is C11H23NO2. The highest BCUT2D eigenvalue weighted by Gasteiger charge is 2.25. The topological polar surface area (TPSA) is 30.5 Å². The van der Waals surface area contributed by atoms with Crippen LogP contribution in [0.2, 0.25) is 0 Å². The Morgan fingerprint density at radius 3 is 2.50 bits per heavy atom. The highest BCUT2D eigenvalue weighted by molar-refractivity contribution is 4.79. The van der Waals surface area contributed by atoms with Crippen molar-refractivity contribution in [3.8, 4) is 0 Å². The minimum absolute atomic E-state index is 0.183. The fourth-order valence-corrected chi connectivity index (χ4v) is 1.66. The van der Waals surface area contributed by atoms with E-state index in [0.29, 0.717) is 12.2 Å². The van der Waals surface area contributed by atoms with Crippen molar-refractivity contribution < 1.29 is 9.47 Å². The fourth-order valence-electron chi connectivity index (χ4n) is 1.66. The minimum atomic E-state index is 0.183. The van der Waals surface area contributed by atoms with Gasteiger partial charge < -0.3 is 14.8 Å². The summed E-state index contributed by atoms with van der Waals surface area (Å²) in [5, 5.41) is 3.46. The van der Waals surface area contributed by atoms with Crippen molar-refractivity contribution >= 4 is 0 Å². The quantitative estimate of drug-likeness (QED) is 0.749. The number of ether oxygens (including phenoxy) is 2. The number of methoxy groups -OCH3 is 1.